The summed E-state index contributed by atoms with van der Waals surface area (Å²) in [6.07, 6.45) is 8.58. The van der Waals surface area contributed by atoms with E-state index in [9.17, 15) is 0 Å². The summed E-state index contributed by atoms with van der Waals surface area (Å²) in [6, 6.07) is 11.9. The Labute approximate surface area is 134 Å². The molecule has 1 aromatic rings. The Bertz CT molecular complexity index is 510. The zero-order valence-electron chi connectivity index (χ0n) is 13.4. The minimum Gasteiger partial charge on any atom is -0.396 e. The van der Waals surface area contributed by atoms with Gasteiger partial charge in [0.1, 0.15) is 0 Å². The summed E-state index contributed by atoms with van der Waals surface area (Å²) in [5.74, 6) is 7.60. The van der Waals surface area contributed by atoms with Crippen molar-refractivity contribution in [1.82, 2.24) is 4.90 Å². The maximum Gasteiger partial charge on any atom is 0.0881 e. The molecule has 2 aliphatic rings. The normalized spacial score (nSPS) is 28.0. The second-order valence-corrected chi connectivity index (χ2v) is 6.64. The molecule has 1 saturated heterocycles. The average Bonchev–Trinajstić information content (AvgIpc) is 3.26. The maximum absolute atomic E-state index is 8.87. The van der Waals surface area contributed by atoms with Crippen molar-refractivity contribution in [2.75, 3.05) is 6.61 Å². The van der Waals surface area contributed by atoms with Crippen LogP contribution < -0.4 is 0 Å². The van der Waals surface area contributed by atoms with E-state index in [4.69, 9.17) is 5.11 Å². The Kier molecular flexibility index (Phi) is 5.53. The van der Waals surface area contributed by atoms with Crippen LogP contribution in [0.5, 0.6) is 0 Å². The van der Waals surface area contributed by atoms with Crippen molar-refractivity contribution in [1.29, 1.82) is 0 Å². The lowest BCUT2D eigenvalue weighted by Gasteiger charge is -2.21. The second kappa shape index (κ2) is 7.81. The van der Waals surface area contributed by atoms with E-state index in [1.807, 2.05) is 0 Å². The fraction of sp³-hybridized carbons (Fsp3) is 0.600. The van der Waals surface area contributed by atoms with Crippen LogP contribution in [0.3, 0.4) is 0 Å². The standard InChI is InChI=1S/C20H27NO/c22-15-9-3-8-14-19-20(18-12-6-2-7-13-18)21(19)16-17-10-4-1-5-11-17/h1,4-5,10-11,18-20,22H,2-3,6-7,9,12-13,15-16H2/t19-,20-,21?/m1/s1. The van der Waals surface area contributed by atoms with Gasteiger partial charge in [0.15, 0.2) is 0 Å². The number of aliphatic hydroxyl groups is 1. The van der Waals surface area contributed by atoms with Crippen LogP contribution in [-0.4, -0.2) is 28.7 Å². The molecule has 2 nitrogen and oxygen atoms in total. The van der Waals surface area contributed by atoms with Gasteiger partial charge in [-0.25, -0.2) is 0 Å². The highest BCUT2D eigenvalue weighted by molar-refractivity contribution is 5.26. The molecule has 0 aromatic heterocycles. The van der Waals surface area contributed by atoms with Gasteiger partial charge < -0.3 is 5.11 Å². The highest BCUT2D eigenvalue weighted by atomic mass is 16.2. The van der Waals surface area contributed by atoms with E-state index in [1.165, 1.54) is 37.7 Å². The first-order chi connectivity index (χ1) is 10.9. The molecule has 3 atom stereocenters. The Morgan fingerprint density at radius 2 is 1.86 bits per heavy atom. The van der Waals surface area contributed by atoms with Crippen LogP contribution in [0.1, 0.15) is 50.5 Å². The quantitative estimate of drug-likeness (QED) is 0.510. The monoisotopic (exact) mass is 297 g/mol. The minimum atomic E-state index is 0.249. The van der Waals surface area contributed by atoms with Gasteiger partial charge in [0.05, 0.1) is 6.04 Å². The summed E-state index contributed by atoms with van der Waals surface area (Å²) in [6.45, 7) is 1.28. The van der Waals surface area contributed by atoms with E-state index in [-0.39, 0.29) is 6.61 Å². The SMILES string of the molecule is OCCCC#C[C@@H]1[C@@H](C2CCCCC2)N1Cc1ccccc1. The van der Waals surface area contributed by atoms with Crippen LogP contribution in [0.2, 0.25) is 0 Å². The molecule has 1 aromatic carbocycles. The summed E-state index contributed by atoms with van der Waals surface area (Å²) in [4.78, 5) is 2.58. The van der Waals surface area contributed by atoms with Crippen LogP contribution in [-0.2, 0) is 6.54 Å². The molecular formula is C20H27NO. The highest BCUT2D eigenvalue weighted by Gasteiger charge is 2.50. The summed E-state index contributed by atoms with van der Waals surface area (Å²) in [5.41, 5.74) is 1.39. The molecule has 1 heterocycles. The smallest absolute Gasteiger partial charge is 0.0881 e. The van der Waals surface area contributed by atoms with Crippen molar-refractivity contribution >= 4 is 0 Å². The Morgan fingerprint density at radius 1 is 1.09 bits per heavy atom. The van der Waals surface area contributed by atoms with E-state index in [0.717, 1.165) is 25.3 Å². The third kappa shape index (κ3) is 3.91. The van der Waals surface area contributed by atoms with Gasteiger partial charge in [0.25, 0.3) is 0 Å². The molecular weight excluding hydrogens is 270 g/mol. The van der Waals surface area contributed by atoms with Gasteiger partial charge in [-0.2, -0.15) is 0 Å². The molecule has 1 aliphatic carbocycles. The van der Waals surface area contributed by atoms with E-state index in [0.29, 0.717) is 12.1 Å². The lowest BCUT2D eigenvalue weighted by atomic mass is 9.86. The summed E-state index contributed by atoms with van der Waals surface area (Å²) >= 11 is 0. The molecule has 1 N–H and O–H groups in total. The van der Waals surface area contributed by atoms with Gasteiger partial charge in [0.2, 0.25) is 0 Å². The molecule has 3 rings (SSSR count). The fourth-order valence-corrected chi connectivity index (χ4v) is 3.81. The van der Waals surface area contributed by atoms with Crippen molar-refractivity contribution in [2.45, 2.75) is 63.6 Å². The first-order valence-corrected chi connectivity index (χ1v) is 8.79. The van der Waals surface area contributed by atoms with Gasteiger partial charge >= 0.3 is 0 Å². The van der Waals surface area contributed by atoms with Crippen LogP contribution in [0.25, 0.3) is 0 Å². The fourth-order valence-electron chi connectivity index (χ4n) is 3.81. The molecule has 1 aliphatic heterocycles. The van der Waals surface area contributed by atoms with E-state index < -0.39 is 0 Å². The largest absolute Gasteiger partial charge is 0.396 e. The molecule has 0 radical (unpaired) electrons. The van der Waals surface area contributed by atoms with Gasteiger partial charge in [0, 0.05) is 25.6 Å². The minimum absolute atomic E-state index is 0.249. The summed E-state index contributed by atoms with van der Waals surface area (Å²) < 4.78 is 0. The maximum atomic E-state index is 8.87. The van der Waals surface area contributed by atoms with Crippen molar-refractivity contribution < 1.29 is 5.11 Å². The van der Waals surface area contributed by atoms with Crippen LogP contribution >= 0.6 is 0 Å². The Hall–Kier alpha value is -1.30. The topological polar surface area (TPSA) is 23.2 Å². The predicted molar refractivity (Wildman–Crippen MR) is 90.2 cm³/mol. The molecule has 22 heavy (non-hydrogen) atoms. The molecule has 0 amide bonds. The number of rotatable bonds is 5. The average molecular weight is 297 g/mol. The number of unbranched alkanes of at least 4 members (excludes halogenated alkanes) is 1. The molecule has 0 spiro atoms. The van der Waals surface area contributed by atoms with Gasteiger partial charge in [-0.1, -0.05) is 55.5 Å². The summed E-state index contributed by atoms with van der Waals surface area (Å²) in [5, 5.41) is 8.87. The lowest BCUT2D eigenvalue weighted by molar-refractivity contribution is 0.290. The number of nitrogens with zero attached hydrogens (tertiary/aromatic N) is 1. The zero-order valence-corrected chi connectivity index (χ0v) is 13.4. The van der Waals surface area contributed by atoms with Gasteiger partial charge in [-0.15, -0.1) is 5.92 Å². The van der Waals surface area contributed by atoms with Crippen LogP contribution in [0.15, 0.2) is 30.3 Å². The van der Waals surface area contributed by atoms with E-state index in [2.05, 4.69) is 47.1 Å². The van der Waals surface area contributed by atoms with Crippen LogP contribution in [0, 0.1) is 17.8 Å². The van der Waals surface area contributed by atoms with Crippen molar-refractivity contribution in [3.05, 3.63) is 35.9 Å². The van der Waals surface area contributed by atoms with E-state index in [1.54, 1.807) is 0 Å². The molecule has 2 fully saturated rings. The zero-order chi connectivity index (χ0) is 15.2. The van der Waals surface area contributed by atoms with Crippen molar-refractivity contribution in [3.8, 4) is 11.8 Å². The first kappa shape index (κ1) is 15.6. The molecule has 118 valence electrons. The number of hydrogen-bond acceptors (Lipinski definition) is 2. The number of benzene rings is 1. The van der Waals surface area contributed by atoms with E-state index >= 15 is 0 Å². The molecule has 1 saturated carbocycles. The van der Waals surface area contributed by atoms with Gasteiger partial charge in [-0.3, -0.25) is 4.90 Å². The molecule has 0 bridgehead atoms. The van der Waals surface area contributed by atoms with Crippen molar-refractivity contribution in [3.63, 3.8) is 0 Å². The van der Waals surface area contributed by atoms with Crippen LogP contribution in [0.4, 0.5) is 0 Å². The Balaban J connectivity index is 1.63. The second-order valence-electron chi connectivity index (χ2n) is 6.64. The molecule has 1 unspecified atom stereocenters. The van der Waals surface area contributed by atoms with Crippen molar-refractivity contribution in [2.24, 2.45) is 5.92 Å². The Morgan fingerprint density at radius 3 is 2.59 bits per heavy atom. The molecule has 2 heteroatoms. The first-order valence-electron chi connectivity index (χ1n) is 8.79. The lowest BCUT2D eigenvalue weighted by Crippen LogP contribution is -2.17. The third-order valence-electron chi connectivity index (χ3n) is 5.02. The highest BCUT2D eigenvalue weighted by Crippen LogP contribution is 2.42. The predicted octanol–water partition coefficient (Wildman–Crippen LogP) is 3.60. The number of aliphatic hydroxyl groups excluding tert-OH is 1. The number of hydrogen-bond donors (Lipinski definition) is 1. The third-order valence-corrected chi connectivity index (χ3v) is 5.02. The van der Waals surface area contributed by atoms with Gasteiger partial charge in [-0.05, 0) is 30.7 Å². The summed E-state index contributed by atoms with van der Waals surface area (Å²) in [7, 11) is 0.